The Labute approximate surface area is 122 Å². The molecule has 3 aliphatic rings. The summed E-state index contributed by atoms with van der Waals surface area (Å²) in [7, 11) is 0. The molecule has 6 heteroatoms. The molecule has 5 rings (SSSR count). The van der Waals surface area contributed by atoms with E-state index in [4.69, 9.17) is 15.5 Å². The number of hydrogen-bond acceptors (Lipinski definition) is 5. The van der Waals surface area contributed by atoms with Crippen LogP contribution in [0.3, 0.4) is 0 Å². The quantitative estimate of drug-likeness (QED) is 0.914. The molecule has 0 spiro atoms. The van der Waals surface area contributed by atoms with Crippen molar-refractivity contribution in [3.05, 3.63) is 11.9 Å². The highest BCUT2D eigenvalue weighted by molar-refractivity contribution is 5.82. The van der Waals surface area contributed by atoms with Gasteiger partial charge < -0.3 is 10.5 Å². The molecule has 110 valence electrons. The largest absolute Gasteiger partial charge is 0.380 e. The van der Waals surface area contributed by atoms with Crippen LogP contribution >= 0.6 is 0 Å². The summed E-state index contributed by atoms with van der Waals surface area (Å²) in [4.78, 5) is 9.33. The molecule has 3 fully saturated rings. The number of ether oxygens (including phenoxy) is 1. The summed E-state index contributed by atoms with van der Waals surface area (Å²) < 4.78 is 7.96. The molecular weight excluding hydrogens is 266 g/mol. The molecule has 21 heavy (non-hydrogen) atoms. The molecule has 0 amide bonds. The second kappa shape index (κ2) is 4.16. The number of fused-ring (bicyclic) bond motifs is 3. The van der Waals surface area contributed by atoms with E-state index < -0.39 is 0 Å². The van der Waals surface area contributed by atoms with E-state index in [1.165, 1.54) is 25.7 Å². The first-order chi connectivity index (χ1) is 10.3. The zero-order chi connectivity index (χ0) is 14.0. The lowest BCUT2D eigenvalue weighted by atomic mass is 10.0. The molecule has 2 saturated heterocycles. The van der Waals surface area contributed by atoms with Crippen LogP contribution in [0.25, 0.3) is 11.2 Å². The predicted octanol–water partition coefficient (Wildman–Crippen LogP) is 2.17. The second-order valence-electron chi connectivity index (χ2n) is 6.65. The molecule has 4 heterocycles. The smallest absolute Gasteiger partial charge is 0.179 e. The Hall–Kier alpha value is -1.69. The van der Waals surface area contributed by atoms with Crippen LogP contribution in [0, 0.1) is 0 Å². The lowest BCUT2D eigenvalue weighted by molar-refractivity contribution is -0.0173. The molecule has 1 saturated carbocycles. The maximum Gasteiger partial charge on any atom is 0.179 e. The Morgan fingerprint density at radius 2 is 1.90 bits per heavy atom. The van der Waals surface area contributed by atoms with E-state index in [9.17, 15) is 0 Å². The third kappa shape index (κ3) is 1.85. The van der Waals surface area contributed by atoms with E-state index in [1.54, 1.807) is 0 Å². The standard InChI is InChI=1S/C15H19N5O/c16-14-13-15(18-12(7-17-13)8-1-2-8)20(19-14)9-5-10-3-4-11(6-9)21-10/h7-11H,1-6H2,(H2,16,19). The molecule has 2 N–H and O–H groups in total. The van der Waals surface area contributed by atoms with Crippen LogP contribution in [0.5, 0.6) is 0 Å². The summed E-state index contributed by atoms with van der Waals surface area (Å²) in [5.74, 6) is 1.09. The molecule has 2 aromatic heterocycles. The van der Waals surface area contributed by atoms with Gasteiger partial charge in [0, 0.05) is 12.1 Å². The van der Waals surface area contributed by atoms with Crippen LogP contribution in [0.2, 0.25) is 0 Å². The topological polar surface area (TPSA) is 78.8 Å². The molecule has 2 unspecified atom stereocenters. The Morgan fingerprint density at radius 1 is 1.14 bits per heavy atom. The van der Waals surface area contributed by atoms with Crippen molar-refractivity contribution in [1.82, 2.24) is 19.7 Å². The van der Waals surface area contributed by atoms with Crippen molar-refractivity contribution in [3.63, 3.8) is 0 Å². The number of nitrogens with zero attached hydrogens (tertiary/aromatic N) is 4. The van der Waals surface area contributed by atoms with Crippen molar-refractivity contribution in [3.8, 4) is 0 Å². The summed E-state index contributed by atoms with van der Waals surface area (Å²) in [5.41, 5.74) is 8.75. The average Bonchev–Trinajstić information content (AvgIpc) is 3.23. The normalized spacial score (nSPS) is 31.9. The van der Waals surface area contributed by atoms with Gasteiger partial charge in [0.05, 0.1) is 23.9 Å². The highest BCUT2D eigenvalue weighted by Crippen LogP contribution is 2.41. The Balaban J connectivity index is 1.59. The summed E-state index contributed by atoms with van der Waals surface area (Å²) >= 11 is 0. The maximum absolute atomic E-state index is 6.04. The van der Waals surface area contributed by atoms with Gasteiger partial charge in [-0.15, -0.1) is 0 Å². The van der Waals surface area contributed by atoms with Gasteiger partial charge in [0.15, 0.2) is 17.0 Å². The van der Waals surface area contributed by atoms with Gasteiger partial charge in [0.25, 0.3) is 0 Å². The zero-order valence-electron chi connectivity index (χ0n) is 11.9. The first-order valence-corrected chi connectivity index (χ1v) is 7.94. The fraction of sp³-hybridized carbons (Fsp3) is 0.667. The highest BCUT2D eigenvalue weighted by atomic mass is 16.5. The minimum atomic E-state index is 0.347. The van der Waals surface area contributed by atoms with Crippen molar-refractivity contribution in [2.24, 2.45) is 0 Å². The van der Waals surface area contributed by atoms with Crippen molar-refractivity contribution >= 4 is 17.0 Å². The first kappa shape index (κ1) is 11.9. The average molecular weight is 285 g/mol. The van der Waals surface area contributed by atoms with Gasteiger partial charge in [-0.25, -0.2) is 14.6 Å². The molecular formula is C15H19N5O. The number of nitrogen functional groups attached to an aromatic ring is 1. The van der Waals surface area contributed by atoms with E-state index in [0.29, 0.717) is 30.0 Å². The third-order valence-electron chi connectivity index (χ3n) is 5.05. The number of hydrogen-bond donors (Lipinski definition) is 1. The summed E-state index contributed by atoms with van der Waals surface area (Å²) in [6.45, 7) is 0. The molecule has 2 aromatic rings. The molecule has 6 nitrogen and oxygen atoms in total. The van der Waals surface area contributed by atoms with Crippen molar-refractivity contribution in [2.45, 2.75) is 62.7 Å². The summed E-state index contributed by atoms with van der Waals surface area (Å²) in [6.07, 6.45) is 9.47. The van der Waals surface area contributed by atoms with Crippen LogP contribution in [-0.4, -0.2) is 32.0 Å². The van der Waals surface area contributed by atoms with E-state index in [2.05, 4.69) is 10.1 Å². The van der Waals surface area contributed by atoms with Crippen molar-refractivity contribution in [2.75, 3.05) is 5.73 Å². The van der Waals surface area contributed by atoms with E-state index in [-0.39, 0.29) is 0 Å². The van der Waals surface area contributed by atoms with Crippen LogP contribution in [0.1, 0.15) is 56.2 Å². The van der Waals surface area contributed by atoms with Crippen LogP contribution in [-0.2, 0) is 4.74 Å². The molecule has 2 atom stereocenters. The Kier molecular flexibility index (Phi) is 2.36. The molecule has 0 aromatic carbocycles. The number of rotatable bonds is 2. The minimum absolute atomic E-state index is 0.347. The van der Waals surface area contributed by atoms with Gasteiger partial charge in [0.1, 0.15) is 0 Å². The minimum Gasteiger partial charge on any atom is -0.380 e. The number of anilines is 1. The van der Waals surface area contributed by atoms with Gasteiger partial charge in [-0.1, -0.05) is 0 Å². The monoisotopic (exact) mass is 285 g/mol. The van der Waals surface area contributed by atoms with Gasteiger partial charge in [-0.05, 0) is 38.5 Å². The SMILES string of the molecule is Nc1nn(C2CC3CCC(C2)O3)c2nc(C3CC3)cnc12. The van der Waals surface area contributed by atoms with Crippen molar-refractivity contribution < 1.29 is 4.74 Å². The van der Waals surface area contributed by atoms with Gasteiger partial charge in [-0.2, -0.15) is 5.10 Å². The first-order valence-electron chi connectivity index (χ1n) is 7.94. The number of aromatic nitrogens is 4. The number of nitrogens with two attached hydrogens (primary N) is 1. The Morgan fingerprint density at radius 3 is 2.62 bits per heavy atom. The third-order valence-corrected chi connectivity index (χ3v) is 5.05. The fourth-order valence-corrected chi connectivity index (χ4v) is 3.80. The molecule has 0 radical (unpaired) electrons. The lowest BCUT2D eigenvalue weighted by Crippen LogP contribution is -2.28. The maximum atomic E-state index is 6.04. The molecule has 2 bridgehead atoms. The van der Waals surface area contributed by atoms with E-state index in [0.717, 1.165) is 29.7 Å². The lowest BCUT2D eigenvalue weighted by Gasteiger charge is -2.28. The van der Waals surface area contributed by atoms with Crippen LogP contribution in [0.15, 0.2) is 6.20 Å². The zero-order valence-corrected chi connectivity index (χ0v) is 11.9. The van der Waals surface area contributed by atoms with Gasteiger partial charge in [-0.3, -0.25) is 0 Å². The van der Waals surface area contributed by atoms with Crippen LogP contribution in [0.4, 0.5) is 5.82 Å². The van der Waals surface area contributed by atoms with Gasteiger partial charge >= 0.3 is 0 Å². The fourth-order valence-electron chi connectivity index (χ4n) is 3.80. The van der Waals surface area contributed by atoms with Crippen molar-refractivity contribution in [1.29, 1.82) is 0 Å². The van der Waals surface area contributed by atoms with Crippen LogP contribution < -0.4 is 5.73 Å². The predicted molar refractivity (Wildman–Crippen MR) is 77.9 cm³/mol. The second-order valence-corrected chi connectivity index (χ2v) is 6.65. The highest BCUT2D eigenvalue weighted by Gasteiger charge is 2.37. The van der Waals surface area contributed by atoms with E-state index in [1.807, 2.05) is 10.9 Å². The van der Waals surface area contributed by atoms with E-state index >= 15 is 0 Å². The Bertz CT molecular complexity index is 695. The summed E-state index contributed by atoms with van der Waals surface area (Å²) in [6, 6.07) is 0.347. The summed E-state index contributed by atoms with van der Waals surface area (Å²) in [5, 5.41) is 4.54. The van der Waals surface area contributed by atoms with Gasteiger partial charge in [0.2, 0.25) is 0 Å². The molecule has 2 aliphatic heterocycles. The molecule has 1 aliphatic carbocycles.